The average Bonchev–Trinajstić information content (AvgIpc) is 1.60. The van der Waals surface area contributed by atoms with Gasteiger partial charge in [0.1, 0.15) is 17.0 Å². The van der Waals surface area contributed by atoms with E-state index >= 15 is 0 Å². The fraction of sp³-hybridized carbons (Fsp3) is 0.259. The summed E-state index contributed by atoms with van der Waals surface area (Å²) in [6.45, 7) is 32.7. The number of benzene rings is 9. The maximum atomic E-state index is 9.59. The summed E-state index contributed by atoms with van der Waals surface area (Å²) in [5.74, 6) is 1.46. The number of aromatic nitrogens is 2. The fourth-order valence-corrected chi connectivity index (χ4v) is 12.4. The van der Waals surface area contributed by atoms with Crippen LogP contribution in [0.3, 0.4) is 0 Å². The molecule has 0 saturated carbocycles. The molecule has 0 atom stereocenters. The topological polar surface area (TPSA) is 46.7 Å². The number of hydrogen-bond acceptors (Lipinski definition) is 5. The maximum Gasteiger partial charge on any atom is 0.135 e. The van der Waals surface area contributed by atoms with Crippen LogP contribution in [0.1, 0.15) is 146 Å². The fourth-order valence-electron chi connectivity index (χ4n) is 12.4. The van der Waals surface area contributed by atoms with Crippen molar-refractivity contribution < 1.29 is 34.3 Å². The molecule has 448 valence electrons. The molecule has 0 amide bonds. The van der Waals surface area contributed by atoms with Crippen molar-refractivity contribution in [3.05, 3.63) is 234 Å². The summed E-state index contributed by atoms with van der Waals surface area (Å²) in [4.78, 5) is 9.47. The van der Waals surface area contributed by atoms with Crippen molar-refractivity contribution in [2.45, 2.75) is 138 Å². The third kappa shape index (κ3) is 10.8. The molecule has 0 saturated heterocycles. The minimum atomic E-state index is -2.68. The van der Waals surface area contributed by atoms with Crippen LogP contribution >= 0.6 is 0 Å². The molecule has 13 rings (SSSR count). The van der Waals surface area contributed by atoms with Crippen LogP contribution in [0.15, 0.2) is 180 Å². The summed E-state index contributed by atoms with van der Waals surface area (Å²) in [6.07, 6.45) is 1.86. The van der Waals surface area contributed by atoms with Gasteiger partial charge in [0.25, 0.3) is 0 Å². The first-order valence-electron chi connectivity index (χ1n) is 32.1. The summed E-state index contributed by atoms with van der Waals surface area (Å²) in [6, 6.07) is 67.5. The Bertz CT molecular complexity index is 4760. The first-order valence-corrected chi connectivity index (χ1v) is 30.6. The summed E-state index contributed by atoms with van der Waals surface area (Å²) in [7, 11) is 0. The minimum Gasteiger partial charge on any atom is -0.509 e. The zero-order chi connectivity index (χ0) is 63.7. The van der Waals surface area contributed by atoms with Crippen molar-refractivity contribution in [2.24, 2.45) is 0 Å². The number of hydrogen-bond donors (Lipinski definition) is 0. The molecule has 7 heteroatoms. The standard InChI is InChI=1S/C81H79N4O2.Pt/c1-49(2)52-25-27-53(28-26-52)66-39-50(3)40-67(54-29-31-56(32-30-54)78(5,6)7)76(66)84-48-83(68-22-18-19-23-69(68)84)60-45-65(55-41-58(80(11,12)13)43-59(42-55)81(14,15)16)51(4)73(46-60)86-61-33-34-64-71(47-61)85(74-44-57(37-38-82-74)79(8,9)10)70-36-35-63-62-21-17-20-24-72(62)87-77(63)75(64)70;/h17-45,48-49H,1-16H3;/q-3;/i4D3;. The number of aryl methyl sites for hydroxylation is 1. The number of fused-ring (bicyclic) bond motifs is 8. The molecule has 0 unspecified atom stereocenters. The molecular weight excluding hydrogens is 1260 g/mol. The molecule has 9 aromatic carbocycles. The van der Waals surface area contributed by atoms with E-state index in [1.54, 1.807) is 0 Å². The Kier molecular flexibility index (Phi) is 14.2. The molecule has 1 aliphatic rings. The number of para-hydroxylation sites is 3. The quantitative estimate of drug-likeness (QED) is 0.135. The van der Waals surface area contributed by atoms with Crippen LogP contribution in [0.25, 0.3) is 82.9 Å². The number of anilines is 4. The Morgan fingerprint density at radius 1 is 0.557 bits per heavy atom. The zero-order valence-corrected chi connectivity index (χ0v) is 55.6. The van der Waals surface area contributed by atoms with Gasteiger partial charge in [-0.25, -0.2) is 4.98 Å². The molecule has 6 nitrogen and oxygen atoms in total. The van der Waals surface area contributed by atoms with E-state index in [-0.39, 0.29) is 54.0 Å². The summed E-state index contributed by atoms with van der Waals surface area (Å²) >= 11 is 0. The van der Waals surface area contributed by atoms with Gasteiger partial charge in [-0.3, -0.25) is 0 Å². The van der Waals surface area contributed by atoms with Gasteiger partial charge < -0.3 is 23.5 Å². The molecule has 0 spiro atoms. The van der Waals surface area contributed by atoms with Crippen molar-refractivity contribution in [2.75, 3.05) is 9.80 Å². The molecule has 3 aromatic heterocycles. The van der Waals surface area contributed by atoms with E-state index in [1.165, 1.54) is 11.1 Å². The van der Waals surface area contributed by atoms with E-state index in [1.807, 2.05) is 42.6 Å². The summed E-state index contributed by atoms with van der Waals surface area (Å²) < 4.78 is 44.9. The Balaban J connectivity index is 0.00000800. The Labute approximate surface area is 539 Å². The minimum absolute atomic E-state index is 0. The molecule has 0 fully saturated rings. The van der Waals surface area contributed by atoms with Crippen LogP contribution in [0.5, 0.6) is 11.5 Å². The van der Waals surface area contributed by atoms with E-state index in [2.05, 4.69) is 270 Å². The SMILES string of the molecule is [2H]C([2H])([2H])c1c(Oc2[c-]c3c(cc2)c2c4oc5ccccc5c4ccc2n3-c2cc(C(C)(C)C)ccn2)[c-]c(N2[CH-]N(c3c(-c4ccc(C(C)C)cc4)cc(C)cc3-c3ccc(C(C)(C)C)cc3)c3ccccc32)cc1-c1cc(C(C)(C)C)cc(C(C)(C)C)c1.[Pt]. The van der Waals surface area contributed by atoms with Gasteiger partial charge in [-0.05, 0) is 145 Å². The number of pyridine rings is 1. The van der Waals surface area contributed by atoms with Crippen LogP contribution in [0, 0.1) is 32.6 Å². The van der Waals surface area contributed by atoms with Crippen LogP contribution < -0.4 is 14.5 Å². The smallest absolute Gasteiger partial charge is 0.135 e. The normalized spacial score (nSPS) is 13.8. The predicted molar refractivity (Wildman–Crippen MR) is 366 cm³/mol. The van der Waals surface area contributed by atoms with E-state index in [0.717, 1.165) is 105 Å². The van der Waals surface area contributed by atoms with Gasteiger partial charge in [0.05, 0.1) is 0 Å². The van der Waals surface area contributed by atoms with Gasteiger partial charge in [-0.15, -0.1) is 47.7 Å². The Morgan fingerprint density at radius 2 is 1.16 bits per heavy atom. The molecule has 1 aliphatic heterocycles. The average molecular weight is 1340 g/mol. The largest absolute Gasteiger partial charge is 0.509 e. The predicted octanol–water partition coefficient (Wildman–Crippen LogP) is 22.8. The molecule has 0 bridgehead atoms. The molecule has 88 heavy (non-hydrogen) atoms. The van der Waals surface area contributed by atoms with E-state index in [4.69, 9.17) is 14.1 Å². The van der Waals surface area contributed by atoms with Gasteiger partial charge in [-0.2, -0.15) is 6.07 Å². The van der Waals surface area contributed by atoms with Crippen molar-refractivity contribution in [3.63, 3.8) is 0 Å². The molecule has 0 aliphatic carbocycles. The van der Waals surface area contributed by atoms with Crippen molar-refractivity contribution in [1.29, 1.82) is 0 Å². The van der Waals surface area contributed by atoms with E-state index in [0.29, 0.717) is 34.3 Å². The third-order valence-electron chi connectivity index (χ3n) is 17.5. The first kappa shape index (κ1) is 56.3. The van der Waals surface area contributed by atoms with Gasteiger partial charge in [0, 0.05) is 87.4 Å². The van der Waals surface area contributed by atoms with Crippen molar-refractivity contribution in [1.82, 2.24) is 9.55 Å². The van der Waals surface area contributed by atoms with E-state index < -0.39 is 6.85 Å². The van der Waals surface area contributed by atoms with Gasteiger partial charge >= 0.3 is 0 Å². The van der Waals surface area contributed by atoms with Gasteiger partial charge in [0.15, 0.2) is 0 Å². The number of rotatable bonds is 9. The first-order chi connectivity index (χ1) is 42.5. The van der Waals surface area contributed by atoms with Crippen molar-refractivity contribution >= 4 is 66.5 Å². The molecular formula is C81H79N4O2Pt-3. The molecule has 0 radical (unpaired) electrons. The molecule has 0 N–H and O–H groups in total. The molecule has 4 heterocycles. The monoisotopic (exact) mass is 1340 g/mol. The second-order valence-electron chi connectivity index (χ2n) is 28.3. The van der Waals surface area contributed by atoms with Crippen LogP contribution in [0.4, 0.5) is 22.7 Å². The molecule has 12 aromatic rings. The van der Waals surface area contributed by atoms with Crippen LogP contribution in [-0.2, 0) is 42.7 Å². The summed E-state index contributed by atoms with van der Waals surface area (Å²) in [5.41, 5.74) is 18.5. The number of furan rings is 1. The van der Waals surface area contributed by atoms with E-state index in [9.17, 15) is 4.11 Å². The van der Waals surface area contributed by atoms with Crippen molar-refractivity contribution in [3.8, 4) is 50.7 Å². The Hall–Kier alpha value is -8.18. The second kappa shape index (κ2) is 22.1. The Morgan fingerprint density at radius 3 is 1.78 bits per heavy atom. The van der Waals surface area contributed by atoms with Gasteiger partial charge in [0.2, 0.25) is 0 Å². The number of ether oxygens (including phenoxy) is 1. The van der Waals surface area contributed by atoms with Gasteiger partial charge in [-0.1, -0.05) is 212 Å². The van der Waals surface area contributed by atoms with Crippen LogP contribution in [0.2, 0.25) is 0 Å². The number of nitrogens with zero attached hydrogens (tertiary/aromatic N) is 4. The second-order valence-corrected chi connectivity index (χ2v) is 28.3. The zero-order valence-electron chi connectivity index (χ0n) is 56.3. The summed E-state index contributed by atoms with van der Waals surface area (Å²) in [5, 5.41) is 3.83. The third-order valence-corrected chi connectivity index (χ3v) is 17.5. The maximum absolute atomic E-state index is 9.59. The van der Waals surface area contributed by atoms with Crippen LogP contribution in [-0.4, -0.2) is 9.55 Å².